The molecule has 2 N–H and O–H groups in total. The molecule has 0 saturated carbocycles. The van der Waals surface area contributed by atoms with Crippen molar-refractivity contribution in [2.75, 3.05) is 0 Å². The number of aryl methyl sites for hydroxylation is 1. The predicted octanol–water partition coefficient (Wildman–Crippen LogP) is 2.43. The first-order valence-electron chi connectivity index (χ1n) is 5.64. The van der Waals surface area contributed by atoms with Crippen molar-refractivity contribution >= 4 is 23.2 Å². The molecule has 4 nitrogen and oxygen atoms in total. The summed E-state index contributed by atoms with van der Waals surface area (Å²) in [6, 6.07) is 2.78. The Hall–Kier alpha value is -1.36. The summed E-state index contributed by atoms with van der Waals surface area (Å²) in [4.78, 5) is 24.3. The molecule has 0 aliphatic rings. The fourth-order valence-corrected chi connectivity index (χ4v) is 2.22. The molecule has 1 heterocycles. The van der Waals surface area contributed by atoms with Crippen LogP contribution in [0.3, 0.4) is 0 Å². The number of carboxylic acid groups (broad SMARTS) is 1. The van der Waals surface area contributed by atoms with Crippen molar-refractivity contribution in [3.63, 3.8) is 0 Å². The first-order chi connectivity index (χ1) is 8.04. The lowest BCUT2D eigenvalue weighted by Gasteiger charge is -2.13. The van der Waals surface area contributed by atoms with Gasteiger partial charge in [0.2, 0.25) is 0 Å². The Bertz CT molecular complexity index is 400. The number of unbranched alkanes of at least 4 members (excludes halogenated alkanes) is 1. The first kappa shape index (κ1) is 13.7. The normalized spacial score (nSPS) is 12.1. The average molecular weight is 255 g/mol. The number of hydrogen-bond donors (Lipinski definition) is 2. The lowest BCUT2D eigenvalue weighted by atomic mass is 10.1. The molecule has 0 fully saturated rings. The van der Waals surface area contributed by atoms with Crippen LogP contribution in [0.15, 0.2) is 12.1 Å². The monoisotopic (exact) mass is 255 g/mol. The van der Waals surface area contributed by atoms with Gasteiger partial charge in [0.05, 0.1) is 4.88 Å². The molecule has 0 saturated heterocycles. The van der Waals surface area contributed by atoms with Crippen molar-refractivity contribution in [2.45, 2.75) is 39.2 Å². The van der Waals surface area contributed by atoms with Gasteiger partial charge < -0.3 is 10.4 Å². The maximum absolute atomic E-state index is 11.8. The van der Waals surface area contributed by atoms with E-state index < -0.39 is 12.0 Å². The molecule has 1 rings (SSSR count). The van der Waals surface area contributed by atoms with Crippen LogP contribution in [0.4, 0.5) is 0 Å². The maximum Gasteiger partial charge on any atom is 0.326 e. The molecule has 0 radical (unpaired) electrons. The highest BCUT2D eigenvalue weighted by Crippen LogP contribution is 2.15. The molecule has 0 aliphatic carbocycles. The Morgan fingerprint density at radius 1 is 1.47 bits per heavy atom. The molecule has 1 amide bonds. The van der Waals surface area contributed by atoms with Crippen molar-refractivity contribution in [3.8, 4) is 0 Å². The Morgan fingerprint density at radius 3 is 2.65 bits per heavy atom. The Morgan fingerprint density at radius 2 is 2.18 bits per heavy atom. The SMILES string of the molecule is CCCCC(NC(=O)c1ccc(C)s1)C(=O)O. The topological polar surface area (TPSA) is 66.4 Å². The van der Waals surface area contributed by atoms with Crippen LogP contribution < -0.4 is 5.32 Å². The van der Waals surface area contributed by atoms with Crippen molar-refractivity contribution in [1.29, 1.82) is 0 Å². The molecule has 1 aromatic heterocycles. The Balaban J connectivity index is 2.60. The van der Waals surface area contributed by atoms with Crippen LogP contribution >= 0.6 is 11.3 Å². The highest BCUT2D eigenvalue weighted by atomic mass is 32.1. The summed E-state index contributed by atoms with van der Waals surface area (Å²) in [6.45, 7) is 3.90. The van der Waals surface area contributed by atoms with E-state index in [2.05, 4.69) is 5.32 Å². The third kappa shape index (κ3) is 4.19. The third-order valence-electron chi connectivity index (χ3n) is 2.41. The molecule has 1 atom stereocenters. The molecule has 0 aliphatic heterocycles. The second-order valence-electron chi connectivity index (χ2n) is 3.92. The number of hydrogen-bond acceptors (Lipinski definition) is 3. The average Bonchev–Trinajstić information content (AvgIpc) is 2.70. The third-order valence-corrected chi connectivity index (χ3v) is 3.41. The minimum Gasteiger partial charge on any atom is -0.480 e. The molecule has 0 aromatic carbocycles. The van der Waals surface area contributed by atoms with E-state index in [1.807, 2.05) is 19.9 Å². The number of carbonyl (C=O) groups excluding carboxylic acids is 1. The van der Waals surface area contributed by atoms with Crippen LogP contribution in [0.2, 0.25) is 0 Å². The van der Waals surface area contributed by atoms with E-state index >= 15 is 0 Å². The van der Waals surface area contributed by atoms with Crippen LogP contribution in [0.5, 0.6) is 0 Å². The van der Waals surface area contributed by atoms with E-state index in [-0.39, 0.29) is 5.91 Å². The zero-order chi connectivity index (χ0) is 12.8. The zero-order valence-corrected chi connectivity index (χ0v) is 10.8. The van der Waals surface area contributed by atoms with Gasteiger partial charge in [0.1, 0.15) is 6.04 Å². The molecule has 0 bridgehead atoms. The summed E-state index contributed by atoms with van der Waals surface area (Å²) in [5.41, 5.74) is 0. The summed E-state index contributed by atoms with van der Waals surface area (Å²) in [6.07, 6.45) is 2.18. The fourth-order valence-electron chi connectivity index (χ4n) is 1.45. The second kappa shape index (κ2) is 6.39. The van der Waals surface area contributed by atoms with E-state index in [1.165, 1.54) is 11.3 Å². The fraction of sp³-hybridized carbons (Fsp3) is 0.500. The van der Waals surface area contributed by atoms with Crippen LogP contribution in [-0.4, -0.2) is 23.0 Å². The van der Waals surface area contributed by atoms with Gasteiger partial charge in [-0.2, -0.15) is 0 Å². The van der Waals surface area contributed by atoms with Gasteiger partial charge in [-0.25, -0.2) is 4.79 Å². The van der Waals surface area contributed by atoms with Gasteiger partial charge in [0.15, 0.2) is 0 Å². The van der Waals surface area contributed by atoms with Gasteiger partial charge in [-0.1, -0.05) is 19.8 Å². The Kier molecular flexibility index (Phi) is 5.15. The standard InChI is InChI=1S/C12H17NO3S/c1-3-4-5-9(12(15)16)13-11(14)10-7-6-8(2)17-10/h6-7,9H,3-5H2,1-2H3,(H,13,14)(H,15,16). The van der Waals surface area contributed by atoms with E-state index in [4.69, 9.17) is 5.11 Å². The van der Waals surface area contributed by atoms with Crippen LogP contribution in [0.1, 0.15) is 40.7 Å². The number of amides is 1. The Labute approximate surface area is 105 Å². The summed E-state index contributed by atoms with van der Waals surface area (Å²) in [7, 11) is 0. The summed E-state index contributed by atoms with van der Waals surface area (Å²) in [5.74, 6) is -1.27. The number of rotatable bonds is 6. The van der Waals surface area contributed by atoms with Gasteiger partial charge in [-0.05, 0) is 25.5 Å². The number of aliphatic carboxylic acids is 1. The molecule has 1 aromatic rings. The molecule has 5 heteroatoms. The van der Waals surface area contributed by atoms with Gasteiger partial charge in [0, 0.05) is 4.88 Å². The van der Waals surface area contributed by atoms with E-state index in [1.54, 1.807) is 6.07 Å². The molecule has 17 heavy (non-hydrogen) atoms. The highest BCUT2D eigenvalue weighted by Gasteiger charge is 2.20. The maximum atomic E-state index is 11.8. The number of carboxylic acids is 1. The van der Waals surface area contributed by atoms with Crippen molar-refractivity contribution in [3.05, 3.63) is 21.9 Å². The zero-order valence-electron chi connectivity index (χ0n) is 10.0. The first-order valence-corrected chi connectivity index (χ1v) is 6.46. The molecular formula is C12H17NO3S. The lowest BCUT2D eigenvalue weighted by Crippen LogP contribution is -2.40. The van der Waals surface area contributed by atoms with Crippen LogP contribution in [0, 0.1) is 6.92 Å². The number of thiophene rings is 1. The van der Waals surface area contributed by atoms with E-state index in [0.29, 0.717) is 11.3 Å². The number of nitrogens with one attached hydrogen (secondary N) is 1. The summed E-state index contributed by atoms with van der Waals surface area (Å²) in [5, 5.41) is 11.5. The predicted molar refractivity (Wildman–Crippen MR) is 67.5 cm³/mol. The molecule has 94 valence electrons. The summed E-state index contributed by atoms with van der Waals surface area (Å²) < 4.78 is 0. The largest absolute Gasteiger partial charge is 0.480 e. The highest BCUT2D eigenvalue weighted by molar-refractivity contribution is 7.13. The minimum atomic E-state index is -0.972. The lowest BCUT2D eigenvalue weighted by molar-refractivity contribution is -0.139. The van der Waals surface area contributed by atoms with Crippen molar-refractivity contribution < 1.29 is 14.7 Å². The van der Waals surface area contributed by atoms with Gasteiger partial charge in [-0.15, -0.1) is 11.3 Å². The van der Waals surface area contributed by atoms with Gasteiger partial charge >= 0.3 is 5.97 Å². The molecule has 1 unspecified atom stereocenters. The molecule has 0 spiro atoms. The van der Waals surface area contributed by atoms with Crippen molar-refractivity contribution in [2.24, 2.45) is 0 Å². The second-order valence-corrected chi connectivity index (χ2v) is 5.20. The van der Waals surface area contributed by atoms with Gasteiger partial charge in [0.25, 0.3) is 5.91 Å². The van der Waals surface area contributed by atoms with Crippen LogP contribution in [0.25, 0.3) is 0 Å². The van der Waals surface area contributed by atoms with Crippen LogP contribution in [-0.2, 0) is 4.79 Å². The number of carbonyl (C=O) groups is 2. The van der Waals surface area contributed by atoms with Gasteiger partial charge in [-0.3, -0.25) is 4.79 Å². The molecular weight excluding hydrogens is 238 g/mol. The minimum absolute atomic E-state index is 0.299. The smallest absolute Gasteiger partial charge is 0.326 e. The summed E-state index contributed by atoms with van der Waals surface area (Å²) >= 11 is 1.37. The van der Waals surface area contributed by atoms with Crippen molar-refractivity contribution in [1.82, 2.24) is 5.32 Å². The van der Waals surface area contributed by atoms with E-state index in [0.717, 1.165) is 17.7 Å². The quantitative estimate of drug-likeness (QED) is 0.820. The van der Waals surface area contributed by atoms with E-state index in [9.17, 15) is 9.59 Å².